The Balaban J connectivity index is 1.83. The molecule has 3 rings (SSSR count). The van der Waals surface area contributed by atoms with Crippen molar-refractivity contribution in [2.24, 2.45) is 4.99 Å². The van der Waals surface area contributed by atoms with Gasteiger partial charge in [0.15, 0.2) is 11.6 Å². The molecule has 2 aliphatic rings. The Morgan fingerprint density at radius 1 is 1.13 bits per heavy atom. The highest BCUT2D eigenvalue weighted by Crippen LogP contribution is 2.22. The van der Waals surface area contributed by atoms with Crippen molar-refractivity contribution in [3.05, 3.63) is 58.9 Å². The third-order valence-electron chi connectivity index (χ3n) is 5.40. The minimum absolute atomic E-state index is 0.132. The zero-order valence-electron chi connectivity index (χ0n) is 18.2. The van der Waals surface area contributed by atoms with E-state index in [0.29, 0.717) is 23.9 Å². The fraction of sp³-hybridized carbons (Fsp3) is 0.455. The van der Waals surface area contributed by atoms with E-state index in [1.54, 1.807) is 29.1 Å². The molecule has 0 aromatic carbocycles. The summed E-state index contributed by atoms with van der Waals surface area (Å²) in [5.74, 6) is 1.88. The van der Waals surface area contributed by atoms with E-state index >= 15 is 0 Å². The zero-order valence-corrected chi connectivity index (χ0v) is 18.9. The first-order chi connectivity index (χ1) is 14.3. The Morgan fingerprint density at radius 3 is 2.40 bits per heavy atom. The van der Waals surface area contributed by atoms with Gasteiger partial charge < -0.3 is 14.2 Å². The Hall–Kier alpha value is -2.51. The van der Waals surface area contributed by atoms with Crippen molar-refractivity contribution < 1.29 is 9.21 Å². The number of amidine groups is 1. The van der Waals surface area contributed by atoms with E-state index in [2.05, 4.69) is 23.4 Å². The smallest absolute Gasteiger partial charge is 0.329 e. The van der Waals surface area contributed by atoms with Crippen LogP contribution in [0.25, 0.3) is 0 Å². The predicted octanol–water partition coefficient (Wildman–Crippen LogP) is 3.84. The van der Waals surface area contributed by atoms with Gasteiger partial charge in [0.2, 0.25) is 0 Å². The maximum atomic E-state index is 13.0. The van der Waals surface area contributed by atoms with Crippen LogP contribution in [-0.2, 0) is 0 Å². The van der Waals surface area contributed by atoms with Crippen LogP contribution in [0.5, 0.6) is 0 Å². The van der Waals surface area contributed by atoms with Gasteiger partial charge >= 0.3 is 6.03 Å². The number of allylic oxidation sites excluding steroid dienone is 4. The highest BCUT2D eigenvalue weighted by Gasteiger charge is 2.32. The van der Waals surface area contributed by atoms with Crippen LogP contribution < -0.4 is 0 Å². The van der Waals surface area contributed by atoms with Crippen molar-refractivity contribution in [1.82, 2.24) is 19.6 Å². The van der Waals surface area contributed by atoms with Gasteiger partial charge in [0.25, 0.3) is 0 Å². The number of halogens is 1. The summed E-state index contributed by atoms with van der Waals surface area (Å²) in [5, 5.41) is 0.664. The Kier molecular flexibility index (Phi) is 7.05. The average Bonchev–Trinajstić information content (AvgIpc) is 3.30. The molecule has 162 valence electrons. The molecule has 2 fully saturated rings. The highest BCUT2D eigenvalue weighted by molar-refractivity contribution is 6.29. The number of hydrogen-bond acceptors (Lipinski definition) is 4. The number of hydrogen-bond donors (Lipinski definition) is 0. The van der Waals surface area contributed by atoms with E-state index in [4.69, 9.17) is 21.0 Å². The third-order valence-corrected chi connectivity index (χ3v) is 5.53. The molecule has 0 spiro atoms. The van der Waals surface area contributed by atoms with Crippen LogP contribution in [0.15, 0.2) is 57.0 Å². The lowest BCUT2D eigenvalue weighted by atomic mass is 10.2. The third kappa shape index (κ3) is 4.96. The monoisotopic (exact) mass is 431 g/mol. The number of amides is 2. The molecule has 0 radical (unpaired) electrons. The second-order valence-electron chi connectivity index (χ2n) is 7.72. The summed E-state index contributed by atoms with van der Waals surface area (Å²) in [6, 6.07) is 1.79. The standard InChI is InChI=1S/C22H30ClN5O2/c1-16-8-15-30-20(16)21(26-11-9-25(5)10-12-26)24-19(4)28-14-13-27(22(28)29)18(3)7-6-17(2)23/h6-8,15H,4,9-14H2,1-3,5H3. The molecular weight excluding hydrogens is 402 g/mol. The largest absolute Gasteiger partial charge is 0.461 e. The Morgan fingerprint density at radius 2 is 1.80 bits per heavy atom. The first-order valence-electron chi connectivity index (χ1n) is 10.1. The number of aryl methyl sites for hydroxylation is 1. The van der Waals surface area contributed by atoms with Crippen LogP contribution in [0.3, 0.4) is 0 Å². The number of carbonyl (C=O) groups excluding carboxylic acids is 1. The molecule has 0 unspecified atom stereocenters. The van der Waals surface area contributed by atoms with E-state index in [0.717, 1.165) is 49.0 Å². The van der Waals surface area contributed by atoms with E-state index in [1.807, 2.05) is 26.0 Å². The number of urea groups is 1. The summed E-state index contributed by atoms with van der Waals surface area (Å²) < 4.78 is 5.74. The zero-order chi connectivity index (χ0) is 21.8. The van der Waals surface area contributed by atoms with Crippen LogP contribution in [0.1, 0.15) is 25.2 Å². The van der Waals surface area contributed by atoms with E-state index in [-0.39, 0.29) is 6.03 Å². The number of rotatable bonds is 5. The second-order valence-corrected chi connectivity index (χ2v) is 8.32. The fourth-order valence-corrected chi connectivity index (χ4v) is 3.56. The normalized spacial score (nSPS) is 19.8. The molecular formula is C22H30ClN5O2. The lowest BCUT2D eigenvalue weighted by molar-refractivity contribution is 0.207. The van der Waals surface area contributed by atoms with Crippen LogP contribution >= 0.6 is 11.6 Å². The van der Waals surface area contributed by atoms with Crippen molar-refractivity contribution >= 4 is 23.5 Å². The number of aliphatic imine (C=N–C) groups is 1. The molecule has 2 saturated heterocycles. The van der Waals surface area contributed by atoms with Crippen LogP contribution in [0.2, 0.25) is 0 Å². The predicted molar refractivity (Wildman–Crippen MR) is 120 cm³/mol. The molecule has 8 heteroatoms. The molecule has 0 saturated carbocycles. The lowest BCUT2D eigenvalue weighted by Gasteiger charge is -2.34. The van der Waals surface area contributed by atoms with Gasteiger partial charge in [0, 0.05) is 50.0 Å². The molecule has 7 nitrogen and oxygen atoms in total. The highest BCUT2D eigenvalue weighted by atomic mass is 35.5. The van der Waals surface area contributed by atoms with Crippen LogP contribution in [0, 0.1) is 6.92 Å². The molecule has 0 aliphatic carbocycles. The van der Waals surface area contributed by atoms with Gasteiger partial charge in [0.05, 0.1) is 6.26 Å². The summed E-state index contributed by atoms with van der Waals surface area (Å²) in [6.45, 7) is 14.5. The Labute approximate surface area is 183 Å². The maximum absolute atomic E-state index is 13.0. The number of likely N-dealkylation sites (N-methyl/N-ethyl adjacent to an activating group) is 1. The summed E-state index contributed by atoms with van der Waals surface area (Å²) in [4.78, 5) is 25.6. The maximum Gasteiger partial charge on any atom is 0.329 e. The number of furan rings is 1. The first kappa shape index (κ1) is 22.2. The lowest BCUT2D eigenvalue weighted by Crippen LogP contribution is -2.47. The van der Waals surface area contributed by atoms with Gasteiger partial charge in [0.1, 0.15) is 5.82 Å². The van der Waals surface area contributed by atoms with Crippen molar-refractivity contribution in [3.8, 4) is 0 Å². The number of carbonyl (C=O) groups is 1. The van der Waals surface area contributed by atoms with E-state index < -0.39 is 0 Å². The molecule has 0 atom stereocenters. The Bertz CT molecular complexity index is 889. The quantitative estimate of drug-likeness (QED) is 0.404. The molecule has 1 aromatic rings. The average molecular weight is 432 g/mol. The van der Waals surface area contributed by atoms with Crippen LogP contribution in [-0.4, -0.2) is 77.8 Å². The minimum Gasteiger partial charge on any atom is -0.461 e. The van der Waals surface area contributed by atoms with E-state index in [1.165, 1.54) is 0 Å². The fourth-order valence-electron chi connectivity index (χ4n) is 3.50. The SMILES string of the molecule is C=C(N=C(c1occc1C)N1CCN(C)CC1)N1CCN(C(C)=CC=C(C)Cl)C1=O. The van der Waals surface area contributed by atoms with Crippen LogP contribution in [0.4, 0.5) is 4.79 Å². The summed E-state index contributed by atoms with van der Waals surface area (Å²) in [6.07, 6.45) is 5.30. The van der Waals surface area contributed by atoms with Gasteiger partial charge in [-0.2, -0.15) is 0 Å². The molecule has 0 bridgehead atoms. The van der Waals surface area contributed by atoms with Gasteiger partial charge in [-0.05, 0) is 51.6 Å². The summed E-state index contributed by atoms with van der Waals surface area (Å²) in [7, 11) is 2.11. The van der Waals surface area contributed by atoms with Crippen molar-refractivity contribution in [2.75, 3.05) is 46.3 Å². The minimum atomic E-state index is -0.132. The van der Waals surface area contributed by atoms with Crippen molar-refractivity contribution in [2.45, 2.75) is 20.8 Å². The van der Waals surface area contributed by atoms with Crippen molar-refractivity contribution in [3.63, 3.8) is 0 Å². The van der Waals surface area contributed by atoms with Crippen molar-refractivity contribution in [1.29, 1.82) is 0 Å². The second kappa shape index (κ2) is 9.53. The van der Waals surface area contributed by atoms with E-state index in [9.17, 15) is 4.79 Å². The van der Waals surface area contributed by atoms with Gasteiger partial charge in [-0.25, -0.2) is 9.79 Å². The molecule has 3 heterocycles. The molecule has 2 amide bonds. The summed E-state index contributed by atoms with van der Waals surface area (Å²) in [5.41, 5.74) is 1.84. The molecule has 0 N–H and O–H groups in total. The number of piperazine rings is 1. The summed E-state index contributed by atoms with van der Waals surface area (Å²) >= 11 is 5.90. The van der Waals surface area contributed by atoms with Gasteiger partial charge in [-0.1, -0.05) is 18.2 Å². The molecule has 2 aliphatic heterocycles. The molecule has 30 heavy (non-hydrogen) atoms. The first-order valence-corrected chi connectivity index (χ1v) is 10.5. The van der Waals surface area contributed by atoms with Gasteiger partial charge in [-0.3, -0.25) is 9.80 Å². The topological polar surface area (TPSA) is 55.5 Å². The van der Waals surface area contributed by atoms with Gasteiger partial charge in [-0.15, -0.1) is 0 Å². The number of nitrogens with zero attached hydrogens (tertiary/aromatic N) is 5. The molecule has 1 aromatic heterocycles.